The van der Waals surface area contributed by atoms with Crippen molar-refractivity contribution in [3.8, 4) is 11.3 Å². The van der Waals surface area contributed by atoms with Crippen molar-refractivity contribution in [3.05, 3.63) is 89.6 Å². The zero-order chi connectivity index (χ0) is 19.1. The van der Waals surface area contributed by atoms with Crippen molar-refractivity contribution in [2.45, 2.75) is 0 Å². The fourth-order valence-electron chi connectivity index (χ4n) is 2.35. The van der Waals surface area contributed by atoms with E-state index >= 15 is 0 Å². The Bertz CT molecular complexity index is 970. The number of nitrogens with zero attached hydrogens (tertiary/aromatic N) is 2. The first kappa shape index (κ1) is 18.0. The molecule has 1 aromatic heterocycles. The number of hydrogen-bond acceptors (Lipinski definition) is 5. The Morgan fingerprint density at radius 2 is 1.67 bits per heavy atom. The Morgan fingerprint density at radius 1 is 0.926 bits per heavy atom. The van der Waals surface area contributed by atoms with Crippen LogP contribution >= 0.6 is 0 Å². The molecule has 0 fully saturated rings. The zero-order valence-corrected chi connectivity index (χ0v) is 14.2. The van der Waals surface area contributed by atoms with E-state index in [0.717, 1.165) is 5.56 Å². The number of benzene rings is 2. The maximum Gasteiger partial charge on any atom is 0.274 e. The molecule has 2 amide bonds. The van der Waals surface area contributed by atoms with E-state index in [-0.39, 0.29) is 5.91 Å². The number of amides is 2. The van der Waals surface area contributed by atoms with Gasteiger partial charge in [-0.1, -0.05) is 42.5 Å². The number of rotatable bonds is 5. The van der Waals surface area contributed by atoms with E-state index in [4.69, 9.17) is 5.21 Å². The lowest BCUT2D eigenvalue weighted by Gasteiger charge is -2.04. The molecule has 7 nitrogen and oxygen atoms in total. The maximum atomic E-state index is 12.3. The van der Waals surface area contributed by atoms with Crippen LogP contribution in [0.1, 0.15) is 26.3 Å². The molecule has 0 aliphatic rings. The highest BCUT2D eigenvalue weighted by Crippen LogP contribution is 2.17. The van der Waals surface area contributed by atoms with Gasteiger partial charge in [0.1, 0.15) is 0 Å². The molecule has 0 saturated carbocycles. The predicted molar refractivity (Wildman–Crippen MR) is 100 cm³/mol. The first-order chi connectivity index (χ1) is 13.2. The zero-order valence-electron chi connectivity index (χ0n) is 14.2. The molecule has 0 aliphatic heterocycles. The summed E-state index contributed by atoms with van der Waals surface area (Å²) in [5.41, 5.74) is 7.07. The van der Waals surface area contributed by atoms with Crippen LogP contribution in [0, 0.1) is 0 Å². The number of pyridine rings is 1. The largest absolute Gasteiger partial charge is 0.288 e. The molecule has 0 unspecified atom stereocenters. The van der Waals surface area contributed by atoms with Crippen LogP contribution in [0.2, 0.25) is 0 Å². The van der Waals surface area contributed by atoms with Crippen LogP contribution in [-0.4, -0.2) is 28.2 Å². The molecule has 0 bridgehead atoms. The van der Waals surface area contributed by atoms with Crippen LogP contribution in [-0.2, 0) is 0 Å². The highest BCUT2D eigenvalue weighted by molar-refractivity contribution is 5.96. The third kappa shape index (κ3) is 4.62. The number of aromatic nitrogens is 1. The molecule has 3 N–H and O–H groups in total. The highest BCUT2D eigenvalue weighted by Gasteiger charge is 2.07. The summed E-state index contributed by atoms with van der Waals surface area (Å²) in [6.45, 7) is 0. The van der Waals surface area contributed by atoms with Gasteiger partial charge in [-0.2, -0.15) is 5.10 Å². The van der Waals surface area contributed by atoms with Gasteiger partial charge in [-0.15, -0.1) is 0 Å². The molecule has 0 aliphatic carbocycles. The Balaban J connectivity index is 1.66. The summed E-state index contributed by atoms with van der Waals surface area (Å²) in [6, 6.07) is 19.2. The van der Waals surface area contributed by atoms with Crippen molar-refractivity contribution in [1.29, 1.82) is 0 Å². The van der Waals surface area contributed by atoms with E-state index in [1.165, 1.54) is 18.3 Å². The number of carbonyl (C=O) groups is 2. The number of hydroxylamine groups is 1. The Labute approximate surface area is 155 Å². The molecule has 7 heteroatoms. The van der Waals surface area contributed by atoms with E-state index in [9.17, 15) is 9.59 Å². The van der Waals surface area contributed by atoms with E-state index in [2.05, 4.69) is 15.5 Å². The van der Waals surface area contributed by atoms with Crippen LogP contribution in [0.15, 0.2) is 78.0 Å². The van der Waals surface area contributed by atoms with Crippen LogP contribution < -0.4 is 10.9 Å². The Morgan fingerprint density at radius 3 is 2.37 bits per heavy atom. The molecule has 27 heavy (non-hydrogen) atoms. The fraction of sp³-hybridized carbons (Fsp3) is 0. The normalized spacial score (nSPS) is 10.6. The van der Waals surface area contributed by atoms with Gasteiger partial charge in [0, 0.05) is 22.9 Å². The number of nitrogens with one attached hydrogen (secondary N) is 2. The average molecular weight is 360 g/mol. The molecular formula is C20H16N4O3. The highest BCUT2D eigenvalue weighted by atomic mass is 16.5. The third-order valence-electron chi connectivity index (χ3n) is 3.75. The van der Waals surface area contributed by atoms with Gasteiger partial charge in [0.05, 0.1) is 11.9 Å². The van der Waals surface area contributed by atoms with Crippen LogP contribution in [0.3, 0.4) is 0 Å². The molecule has 3 rings (SSSR count). The van der Waals surface area contributed by atoms with Crippen molar-refractivity contribution in [2.75, 3.05) is 0 Å². The molecule has 134 valence electrons. The van der Waals surface area contributed by atoms with E-state index in [1.54, 1.807) is 35.9 Å². The minimum Gasteiger partial charge on any atom is -0.288 e. The minimum atomic E-state index is -0.598. The Hall–Kier alpha value is -3.84. The van der Waals surface area contributed by atoms with Gasteiger partial charge in [0.15, 0.2) is 0 Å². The second kappa shape index (κ2) is 8.50. The number of hydrogen-bond donors (Lipinski definition) is 3. The molecule has 0 saturated heterocycles. The number of hydrazone groups is 1. The van der Waals surface area contributed by atoms with Crippen LogP contribution in [0.25, 0.3) is 11.3 Å². The topological polar surface area (TPSA) is 104 Å². The smallest absolute Gasteiger partial charge is 0.274 e. The van der Waals surface area contributed by atoms with Crippen molar-refractivity contribution in [1.82, 2.24) is 15.9 Å². The molecule has 2 aromatic carbocycles. The molecule has 0 radical (unpaired) electrons. The lowest BCUT2D eigenvalue weighted by atomic mass is 10.1. The van der Waals surface area contributed by atoms with Gasteiger partial charge in [0.25, 0.3) is 11.8 Å². The summed E-state index contributed by atoms with van der Waals surface area (Å²) < 4.78 is 0. The summed E-state index contributed by atoms with van der Waals surface area (Å²) in [4.78, 5) is 27.8. The monoisotopic (exact) mass is 360 g/mol. The minimum absolute atomic E-state index is 0.309. The molecule has 0 spiro atoms. The summed E-state index contributed by atoms with van der Waals surface area (Å²) in [6.07, 6.45) is 3.03. The van der Waals surface area contributed by atoms with Gasteiger partial charge in [-0.05, 0) is 29.8 Å². The van der Waals surface area contributed by atoms with Gasteiger partial charge in [-0.25, -0.2) is 10.9 Å². The molecule has 1 heterocycles. The molecular weight excluding hydrogens is 344 g/mol. The van der Waals surface area contributed by atoms with Crippen LogP contribution in [0.5, 0.6) is 0 Å². The fourth-order valence-corrected chi connectivity index (χ4v) is 2.35. The van der Waals surface area contributed by atoms with Gasteiger partial charge in [-0.3, -0.25) is 19.8 Å². The second-order valence-electron chi connectivity index (χ2n) is 5.56. The maximum absolute atomic E-state index is 12.3. The van der Waals surface area contributed by atoms with Crippen LogP contribution in [0.4, 0.5) is 0 Å². The summed E-state index contributed by atoms with van der Waals surface area (Å²) in [5, 5.41) is 12.5. The van der Waals surface area contributed by atoms with Crippen molar-refractivity contribution >= 4 is 18.0 Å². The summed E-state index contributed by atoms with van der Waals surface area (Å²) in [5.74, 6) is -0.958. The van der Waals surface area contributed by atoms with E-state index < -0.39 is 5.91 Å². The summed E-state index contributed by atoms with van der Waals surface area (Å²) >= 11 is 0. The lowest BCUT2D eigenvalue weighted by Crippen LogP contribution is -2.18. The lowest BCUT2D eigenvalue weighted by molar-refractivity contribution is 0.0706. The predicted octanol–water partition coefficient (Wildman–Crippen LogP) is 2.63. The quantitative estimate of drug-likeness (QED) is 0.370. The Kier molecular flexibility index (Phi) is 5.66. The molecule has 0 atom stereocenters. The SMILES string of the molecule is O=C(NO)c1ccc(/C=N/NC(=O)c2ccnc(-c3ccccc3)c2)cc1. The summed E-state index contributed by atoms with van der Waals surface area (Å²) in [7, 11) is 0. The van der Waals surface area contributed by atoms with E-state index in [1.807, 2.05) is 30.3 Å². The van der Waals surface area contributed by atoms with Crippen molar-refractivity contribution < 1.29 is 14.8 Å². The standard InChI is InChI=1S/C20H16N4O3/c25-19(17-10-11-21-18(12-17)15-4-2-1-3-5-15)23-22-13-14-6-8-16(9-7-14)20(26)24-27/h1-13,27H,(H,23,25)(H,24,26)/b22-13+. The van der Waals surface area contributed by atoms with E-state index in [0.29, 0.717) is 22.4 Å². The van der Waals surface area contributed by atoms with Gasteiger partial charge in [0.2, 0.25) is 0 Å². The second-order valence-corrected chi connectivity index (χ2v) is 5.56. The van der Waals surface area contributed by atoms with Crippen molar-refractivity contribution in [3.63, 3.8) is 0 Å². The number of carbonyl (C=O) groups excluding carboxylic acids is 2. The van der Waals surface area contributed by atoms with Gasteiger partial charge < -0.3 is 0 Å². The molecule has 3 aromatic rings. The first-order valence-electron chi connectivity index (χ1n) is 8.07. The first-order valence-corrected chi connectivity index (χ1v) is 8.07. The average Bonchev–Trinajstić information content (AvgIpc) is 2.74. The van der Waals surface area contributed by atoms with Crippen molar-refractivity contribution in [2.24, 2.45) is 5.10 Å². The van der Waals surface area contributed by atoms with Gasteiger partial charge >= 0.3 is 0 Å². The third-order valence-corrected chi connectivity index (χ3v) is 3.75.